The SMILES string of the molecule is FC(F)(F)SCCc1cc(C(F)(F)F)cc(C(F)(F)F)c1. The molecule has 0 aliphatic carbocycles. The van der Waals surface area contributed by atoms with Gasteiger partial charge in [-0.05, 0) is 30.2 Å². The molecule has 0 heterocycles. The Morgan fingerprint density at radius 2 is 1.14 bits per heavy atom. The summed E-state index contributed by atoms with van der Waals surface area (Å²) in [4.78, 5) is 0. The summed E-state index contributed by atoms with van der Waals surface area (Å²) in [5.74, 6) is -0.665. The number of rotatable bonds is 3. The second-order valence-corrected chi connectivity index (χ2v) is 5.12. The van der Waals surface area contributed by atoms with Gasteiger partial charge in [0.25, 0.3) is 0 Å². The maximum Gasteiger partial charge on any atom is 0.441 e. The van der Waals surface area contributed by atoms with E-state index in [0.717, 1.165) is 0 Å². The number of hydrogen-bond donors (Lipinski definition) is 0. The van der Waals surface area contributed by atoms with Gasteiger partial charge in [-0.3, -0.25) is 0 Å². The van der Waals surface area contributed by atoms with Crippen molar-refractivity contribution >= 4 is 11.8 Å². The van der Waals surface area contributed by atoms with Crippen LogP contribution < -0.4 is 0 Å². The molecule has 0 aromatic heterocycles. The maximum atomic E-state index is 12.5. The molecule has 21 heavy (non-hydrogen) atoms. The highest BCUT2D eigenvalue weighted by atomic mass is 32.2. The van der Waals surface area contributed by atoms with Gasteiger partial charge in [-0.15, -0.1) is 0 Å². The standard InChI is InChI=1S/C11H7F9S/c12-9(13,14)7-3-6(1-2-21-11(18,19)20)4-8(5-7)10(15,16)17/h3-5H,1-2H2. The molecule has 0 atom stereocenters. The molecule has 0 aliphatic rings. The molecule has 10 heteroatoms. The minimum Gasteiger partial charge on any atom is -0.166 e. The molecule has 0 saturated carbocycles. The largest absolute Gasteiger partial charge is 0.441 e. The van der Waals surface area contributed by atoms with E-state index in [4.69, 9.17) is 0 Å². The molecule has 120 valence electrons. The first-order valence-corrected chi connectivity index (χ1v) is 6.26. The fraction of sp³-hybridized carbons (Fsp3) is 0.455. The maximum absolute atomic E-state index is 12.5. The third-order valence-corrected chi connectivity index (χ3v) is 3.04. The van der Waals surface area contributed by atoms with Crippen molar-refractivity contribution in [2.45, 2.75) is 24.3 Å². The van der Waals surface area contributed by atoms with E-state index in [-0.39, 0.29) is 6.07 Å². The van der Waals surface area contributed by atoms with Gasteiger partial charge in [0, 0.05) is 5.75 Å². The zero-order valence-corrected chi connectivity index (χ0v) is 10.8. The summed E-state index contributed by atoms with van der Waals surface area (Å²) in [6, 6.07) is 0.777. The van der Waals surface area contributed by atoms with Gasteiger partial charge in [0.1, 0.15) is 0 Å². The van der Waals surface area contributed by atoms with Gasteiger partial charge in [0.2, 0.25) is 0 Å². The molecule has 1 rings (SSSR count). The Kier molecular flexibility index (Phi) is 5.12. The highest BCUT2D eigenvalue weighted by molar-refractivity contribution is 8.00. The monoisotopic (exact) mass is 342 g/mol. The molecule has 0 aliphatic heterocycles. The quantitative estimate of drug-likeness (QED) is 0.652. The molecule has 0 radical (unpaired) electrons. The molecule has 0 N–H and O–H groups in total. The third-order valence-electron chi connectivity index (χ3n) is 2.30. The zero-order valence-electron chi connectivity index (χ0n) is 9.96. The lowest BCUT2D eigenvalue weighted by atomic mass is 10.0. The second kappa shape index (κ2) is 5.98. The summed E-state index contributed by atoms with van der Waals surface area (Å²) < 4.78 is 111. The predicted molar refractivity (Wildman–Crippen MR) is 58.7 cm³/mol. The van der Waals surface area contributed by atoms with Gasteiger partial charge in [-0.25, -0.2) is 0 Å². The van der Waals surface area contributed by atoms with Crippen LogP contribution in [-0.2, 0) is 18.8 Å². The summed E-state index contributed by atoms with van der Waals surface area (Å²) in [5.41, 5.74) is -8.11. The Hall–Kier alpha value is -1.06. The fourth-order valence-corrected chi connectivity index (χ4v) is 2.02. The number of benzene rings is 1. The zero-order chi connectivity index (χ0) is 16.5. The average Bonchev–Trinajstić information content (AvgIpc) is 2.24. The van der Waals surface area contributed by atoms with Crippen LogP contribution in [0, 0.1) is 0 Å². The van der Waals surface area contributed by atoms with Crippen molar-refractivity contribution in [3.8, 4) is 0 Å². The number of thioether (sulfide) groups is 1. The van der Waals surface area contributed by atoms with Crippen LogP contribution >= 0.6 is 11.8 Å². The lowest BCUT2D eigenvalue weighted by Gasteiger charge is -2.14. The average molecular weight is 342 g/mol. The minimum atomic E-state index is -5.01. The Morgan fingerprint density at radius 3 is 1.48 bits per heavy atom. The van der Waals surface area contributed by atoms with Crippen molar-refractivity contribution < 1.29 is 39.5 Å². The first kappa shape index (κ1) is 18.0. The molecule has 0 saturated heterocycles. The first-order chi connectivity index (χ1) is 9.29. The van der Waals surface area contributed by atoms with Crippen molar-refractivity contribution in [1.29, 1.82) is 0 Å². The number of hydrogen-bond acceptors (Lipinski definition) is 1. The molecule has 0 nitrogen and oxygen atoms in total. The normalized spacial score (nSPS) is 13.6. The lowest BCUT2D eigenvalue weighted by molar-refractivity contribution is -0.143. The van der Waals surface area contributed by atoms with Crippen LogP contribution in [0.3, 0.4) is 0 Å². The Bertz CT molecular complexity index is 452. The van der Waals surface area contributed by atoms with E-state index in [9.17, 15) is 39.5 Å². The van der Waals surface area contributed by atoms with Crippen molar-refractivity contribution in [3.63, 3.8) is 0 Å². The Morgan fingerprint density at radius 1 is 0.714 bits per heavy atom. The molecule has 1 aromatic carbocycles. The van der Waals surface area contributed by atoms with E-state index in [0.29, 0.717) is 12.1 Å². The van der Waals surface area contributed by atoms with Crippen LogP contribution in [0.15, 0.2) is 18.2 Å². The lowest BCUT2D eigenvalue weighted by Crippen LogP contribution is -2.12. The highest BCUT2D eigenvalue weighted by Gasteiger charge is 2.37. The first-order valence-electron chi connectivity index (χ1n) is 5.28. The van der Waals surface area contributed by atoms with Crippen molar-refractivity contribution in [2.75, 3.05) is 5.75 Å². The molecular formula is C11H7F9S. The van der Waals surface area contributed by atoms with Crippen LogP contribution in [0.2, 0.25) is 0 Å². The molecular weight excluding hydrogens is 335 g/mol. The van der Waals surface area contributed by atoms with Gasteiger partial charge in [0.05, 0.1) is 11.1 Å². The van der Waals surface area contributed by atoms with E-state index in [1.54, 1.807) is 0 Å². The van der Waals surface area contributed by atoms with Crippen molar-refractivity contribution in [1.82, 2.24) is 0 Å². The van der Waals surface area contributed by atoms with Crippen LogP contribution in [0.5, 0.6) is 0 Å². The molecule has 0 unspecified atom stereocenters. The smallest absolute Gasteiger partial charge is 0.166 e. The van der Waals surface area contributed by atoms with Gasteiger partial charge in [-0.1, -0.05) is 11.8 Å². The molecule has 0 spiro atoms. The molecule has 0 fully saturated rings. The molecule has 0 amide bonds. The number of halogens is 9. The van der Waals surface area contributed by atoms with Crippen LogP contribution in [0.1, 0.15) is 16.7 Å². The van der Waals surface area contributed by atoms with Gasteiger partial charge < -0.3 is 0 Å². The van der Waals surface area contributed by atoms with E-state index in [1.807, 2.05) is 0 Å². The van der Waals surface area contributed by atoms with E-state index < -0.39 is 58.5 Å². The van der Waals surface area contributed by atoms with Crippen molar-refractivity contribution in [2.24, 2.45) is 0 Å². The van der Waals surface area contributed by atoms with Crippen LogP contribution in [0.25, 0.3) is 0 Å². The minimum absolute atomic E-state index is 0.0690. The fourth-order valence-electron chi connectivity index (χ4n) is 1.45. The summed E-state index contributed by atoms with van der Waals surface area (Å²) in [6.07, 6.45) is -10.6. The highest BCUT2D eigenvalue weighted by Crippen LogP contribution is 2.37. The second-order valence-electron chi connectivity index (χ2n) is 3.96. The van der Waals surface area contributed by atoms with Crippen molar-refractivity contribution in [3.05, 3.63) is 34.9 Å². The Labute approximate surface area is 117 Å². The van der Waals surface area contributed by atoms with Crippen LogP contribution in [0.4, 0.5) is 39.5 Å². The van der Waals surface area contributed by atoms with E-state index in [2.05, 4.69) is 0 Å². The summed E-state index contributed by atoms with van der Waals surface area (Å²) in [6.45, 7) is 0. The number of aryl methyl sites for hydroxylation is 1. The van der Waals surface area contributed by atoms with Gasteiger partial charge >= 0.3 is 17.9 Å². The summed E-state index contributed by atoms with van der Waals surface area (Å²) >= 11 is -0.507. The van der Waals surface area contributed by atoms with Gasteiger partial charge in [0.15, 0.2) is 0 Å². The molecule has 0 bridgehead atoms. The topological polar surface area (TPSA) is 0 Å². The third kappa shape index (κ3) is 6.06. The predicted octanol–water partition coefficient (Wildman–Crippen LogP) is 5.52. The summed E-state index contributed by atoms with van der Waals surface area (Å²) in [7, 11) is 0. The van der Waals surface area contributed by atoms with E-state index >= 15 is 0 Å². The number of alkyl halides is 9. The summed E-state index contributed by atoms with van der Waals surface area (Å²) in [5, 5.41) is 0. The van der Waals surface area contributed by atoms with Crippen LogP contribution in [-0.4, -0.2) is 11.3 Å². The molecule has 1 aromatic rings. The Balaban J connectivity index is 3.03. The van der Waals surface area contributed by atoms with E-state index in [1.165, 1.54) is 0 Å². The van der Waals surface area contributed by atoms with Gasteiger partial charge in [-0.2, -0.15) is 39.5 Å².